The van der Waals surface area contributed by atoms with E-state index in [1.54, 1.807) is 30.4 Å². The molecular formula is C20H14N2O2. The van der Waals surface area contributed by atoms with Gasteiger partial charge in [0.2, 0.25) is 0 Å². The molecule has 116 valence electrons. The highest BCUT2D eigenvalue weighted by Crippen LogP contribution is 2.28. The lowest BCUT2D eigenvalue weighted by Crippen LogP contribution is -2.09. The van der Waals surface area contributed by atoms with E-state index in [1.165, 1.54) is 0 Å². The SMILES string of the molecule is O=c1[nH]c(C=Cc2c(O)ccc3ccccc23)nc2ccccc12. The van der Waals surface area contributed by atoms with E-state index in [9.17, 15) is 9.90 Å². The standard InChI is InChI=1S/C20H14N2O2/c23-18-11-9-13-5-1-2-6-14(13)15(18)10-12-19-21-17-8-4-3-7-16(17)20(24)22-19/h1-12,23H,(H,21,22,24). The number of H-pyrrole nitrogens is 1. The van der Waals surface area contributed by atoms with Gasteiger partial charge in [0.05, 0.1) is 10.9 Å². The van der Waals surface area contributed by atoms with Gasteiger partial charge in [0.25, 0.3) is 5.56 Å². The Hall–Kier alpha value is -3.40. The number of phenols is 1. The molecule has 0 saturated carbocycles. The molecule has 4 aromatic rings. The fourth-order valence-corrected chi connectivity index (χ4v) is 2.80. The molecule has 4 heteroatoms. The van der Waals surface area contributed by atoms with Gasteiger partial charge in [-0.3, -0.25) is 4.79 Å². The molecule has 1 aromatic heterocycles. The average Bonchev–Trinajstić information content (AvgIpc) is 2.61. The highest BCUT2D eigenvalue weighted by Gasteiger charge is 2.05. The Morgan fingerprint density at radius 1 is 0.875 bits per heavy atom. The summed E-state index contributed by atoms with van der Waals surface area (Å²) in [5.41, 5.74) is 1.16. The highest BCUT2D eigenvalue weighted by molar-refractivity contribution is 5.95. The van der Waals surface area contributed by atoms with E-state index in [2.05, 4.69) is 9.97 Å². The number of aromatic hydroxyl groups is 1. The average molecular weight is 314 g/mol. The molecule has 0 aliphatic carbocycles. The Morgan fingerprint density at radius 3 is 2.50 bits per heavy atom. The van der Waals surface area contributed by atoms with Crippen LogP contribution in [0.25, 0.3) is 33.8 Å². The van der Waals surface area contributed by atoms with E-state index >= 15 is 0 Å². The highest BCUT2D eigenvalue weighted by atomic mass is 16.3. The zero-order chi connectivity index (χ0) is 16.5. The van der Waals surface area contributed by atoms with E-state index in [4.69, 9.17) is 0 Å². The molecule has 0 unspecified atom stereocenters. The number of nitrogens with one attached hydrogen (secondary N) is 1. The van der Waals surface area contributed by atoms with Crippen molar-refractivity contribution >= 4 is 33.8 Å². The van der Waals surface area contributed by atoms with Crippen molar-refractivity contribution in [2.24, 2.45) is 0 Å². The van der Waals surface area contributed by atoms with Gasteiger partial charge in [-0.05, 0) is 41.1 Å². The molecule has 0 atom stereocenters. The van der Waals surface area contributed by atoms with Crippen LogP contribution in [0.5, 0.6) is 5.75 Å². The molecule has 24 heavy (non-hydrogen) atoms. The van der Waals surface area contributed by atoms with Crippen molar-refractivity contribution in [3.05, 3.63) is 82.4 Å². The first kappa shape index (κ1) is 14.2. The van der Waals surface area contributed by atoms with Crippen molar-refractivity contribution in [1.82, 2.24) is 9.97 Å². The number of rotatable bonds is 2. The Labute approximate surface area is 137 Å². The molecule has 0 saturated heterocycles. The van der Waals surface area contributed by atoms with Crippen molar-refractivity contribution in [3.63, 3.8) is 0 Å². The molecule has 0 fully saturated rings. The fraction of sp³-hybridized carbons (Fsp3) is 0. The zero-order valence-electron chi connectivity index (χ0n) is 12.7. The number of hydrogen-bond acceptors (Lipinski definition) is 3. The molecule has 1 heterocycles. The lowest BCUT2D eigenvalue weighted by atomic mass is 10.0. The van der Waals surface area contributed by atoms with Crippen LogP contribution in [0.15, 0.2) is 65.5 Å². The maximum atomic E-state index is 12.1. The van der Waals surface area contributed by atoms with Gasteiger partial charge < -0.3 is 10.1 Å². The zero-order valence-corrected chi connectivity index (χ0v) is 12.7. The summed E-state index contributed by atoms with van der Waals surface area (Å²) < 4.78 is 0. The Kier molecular flexibility index (Phi) is 3.35. The van der Waals surface area contributed by atoms with E-state index in [1.807, 2.05) is 42.5 Å². The molecule has 3 aromatic carbocycles. The molecule has 0 aliphatic rings. The minimum Gasteiger partial charge on any atom is -0.507 e. The molecule has 0 radical (unpaired) electrons. The van der Waals surface area contributed by atoms with Gasteiger partial charge in [-0.1, -0.05) is 42.5 Å². The largest absolute Gasteiger partial charge is 0.507 e. The minimum absolute atomic E-state index is 0.178. The predicted molar refractivity (Wildman–Crippen MR) is 96.9 cm³/mol. The van der Waals surface area contributed by atoms with Crippen molar-refractivity contribution < 1.29 is 5.11 Å². The lowest BCUT2D eigenvalue weighted by Gasteiger charge is -2.05. The topological polar surface area (TPSA) is 66.0 Å². The Morgan fingerprint density at radius 2 is 1.62 bits per heavy atom. The summed E-state index contributed by atoms with van der Waals surface area (Å²) in [6, 6.07) is 18.6. The molecule has 2 N–H and O–H groups in total. The summed E-state index contributed by atoms with van der Waals surface area (Å²) in [6.45, 7) is 0. The number of nitrogens with zero attached hydrogens (tertiary/aromatic N) is 1. The third-order valence-electron chi connectivity index (χ3n) is 3.99. The predicted octanol–water partition coefficient (Wildman–Crippen LogP) is 3.95. The van der Waals surface area contributed by atoms with Gasteiger partial charge >= 0.3 is 0 Å². The monoisotopic (exact) mass is 314 g/mol. The van der Waals surface area contributed by atoms with Crippen LogP contribution in [0.2, 0.25) is 0 Å². The third kappa shape index (κ3) is 2.44. The van der Waals surface area contributed by atoms with Gasteiger partial charge in [0, 0.05) is 5.56 Å². The van der Waals surface area contributed by atoms with Crippen LogP contribution >= 0.6 is 0 Å². The molecule has 0 bridgehead atoms. The summed E-state index contributed by atoms with van der Waals surface area (Å²) in [6.07, 6.45) is 3.47. The number of aromatic nitrogens is 2. The van der Waals surface area contributed by atoms with Crippen LogP contribution in [0.3, 0.4) is 0 Å². The summed E-state index contributed by atoms with van der Waals surface area (Å²) in [5, 5.41) is 12.7. The first-order chi connectivity index (χ1) is 11.7. The third-order valence-corrected chi connectivity index (χ3v) is 3.99. The van der Waals surface area contributed by atoms with Crippen molar-refractivity contribution in [2.45, 2.75) is 0 Å². The number of hydrogen-bond donors (Lipinski definition) is 2. The summed E-state index contributed by atoms with van der Waals surface area (Å²) in [4.78, 5) is 19.3. The number of benzene rings is 3. The molecule has 0 spiro atoms. The number of fused-ring (bicyclic) bond motifs is 2. The maximum Gasteiger partial charge on any atom is 0.259 e. The van der Waals surface area contributed by atoms with E-state index in [0.717, 1.165) is 10.8 Å². The molecule has 4 rings (SSSR count). The maximum absolute atomic E-state index is 12.1. The van der Waals surface area contributed by atoms with Crippen LogP contribution in [-0.2, 0) is 0 Å². The van der Waals surface area contributed by atoms with E-state index < -0.39 is 0 Å². The van der Waals surface area contributed by atoms with Crippen LogP contribution in [-0.4, -0.2) is 15.1 Å². The second-order valence-corrected chi connectivity index (χ2v) is 5.52. The quantitative estimate of drug-likeness (QED) is 0.589. The summed E-state index contributed by atoms with van der Waals surface area (Å²) >= 11 is 0. The summed E-state index contributed by atoms with van der Waals surface area (Å²) in [5.74, 6) is 0.638. The second-order valence-electron chi connectivity index (χ2n) is 5.52. The van der Waals surface area contributed by atoms with E-state index in [-0.39, 0.29) is 11.3 Å². The fourth-order valence-electron chi connectivity index (χ4n) is 2.80. The normalized spacial score (nSPS) is 11.5. The van der Waals surface area contributed by atoms with Crippen molar-refractivity contribution in [2.75, 3.05) is 0 Å². The van der Waals surface area contributed by atoms with Gasteiger partial charge in [-0.2, -0.15) is 0 Å². The van der Waals surface area contributed by atoms with Crippen LogP contribution in [0.4, 0.5) is 0 Å². The van der Waals surface area contributed by atoms with Crippen LogP contribution < -0.4 is 5.56 Å². The molecule has 0 aliphatic heterocycles. The smallest absolute Gasteiger partial charge is 0.259 e. The first-order valence-corrected chi connectivity index (χ1v) is 7.60. The summed E-state index contributed by atoms with van der Waals surface area (Å²) in [7, 11) is 0. The van der Waals surface area contributed by atoms with Gasteiger partial charge in [0.1, 0.15) is 11.6 Å². The second kappa shape index (κ2) is 5.66. The number of phenolic OH excluding ortho intramolecular Hbond substituents is 1. The first-order valence-electron chi connectivity index (χ1n) is 7.60. The molecule has 0 amide bonds. The minimum atomic E-state index is -0.178. The van der Waals surface area contributed by atoms with E-state index in [0.29, 0.717) is 22.3 Å². The van der Waals surface area contributed by atoms with Crippen LogP contribution in [0.1, 0.15) is 11.4 Å². The molecular weight excluding hydrogens is 300 g/mol. The number of aromatic amines is 1. The Balaban J connectivity index is 1.84. The molecule has 4 nitrogen and oxygen atoms in total. The number of para-hydroxylation sites is 1. The van der Waals surface area contributed by atoms with Gasteiger partial charge in [-0.25, -0.2) is 4.98 Å². The van der Waals surface area contributed by atoms with Gasteiger partial charge in [-0.15, -0.1) is 0 Å². The van der Waals surface area contributed by atoms with Crippen molar-refractivity contribution in [1.29, 1.82) is 0 Å². The van der Waals surface area contributed by atoms with Gasteiger partial charge in [0.15, 0.2) is 0 Å². The van der Waals surface area contributed by atoms with Crippen molar-refractivity contribution in [3.8, 4) is 5.75 Å². The lowest BCUT2D eigenvalue weighted by molar-refractivity contribution is 0.475. The Bertz CT molecular complexity index is 1140. The van der Waals surface area contributed by atoms with Crippen LogP contribution in [0, 0.1) is 0 Å².